The molecular weight excluding hydrogens is 357 g/mol. The standard InChI is InChI=1S/C9H20N4O3S.C2HF3O2/c1-17(15,16)13-6-2-8(3-7-13)12-9(14)11-5-4-10;3-2(4,5)1(6)7/h8H,2-7,10H2,1H3,(H2,11,12,14);(H,6,7). The normalized spacial score (nSPS) is 16.7. The molecule has 1 heterocycles. The fourth-order valence-electron chi connectivity index (χ4n) is 1.75. The molecule has 1 saturated heterocycles. The molecule has 1 rings (SSSR count). The van der Waals surface area contributed by atoms with Crippen LogP contribution in [0.15, 0.2) is 0 Å². The molecule has 5 N–H and O–H groups in total. The number of hydrogen-bond acceptors (Lipinski definition) is 5. The highest BCUT2D eigenvalue weighted by Crippen LogP contribution is 2.13. The van der Waals surface area contributed by atoms with Crippen molar-refractivity contribution in [1.82, 2.24) is 14.9 Å². The highest BCUT2D eigenvalue weighted by atomic mass is 32.2. The molecule has 1 fully saturated rings. The molecule has 1 aliphatic heterocycles. The van der Waals surface area contributed by atoms with Gasteiger partial charge in [0.1, 0.15) is 0 Å². The molecule has 0 aromatic rings. The third-order valence-corrected chi connectivity index (χ3v) is 4.23. The van der Waals surface area contributed by atoms with Gasteiger partial charge in [0, 0.05) is 32.2 Å². The van der Waals surface area contributed by atoms with Crippen molar-refractivity contribution in [2.45, 2.75) is 25.1 Å². The Balaban J connectivity index is 0.000000640. The number of urea groups is 1. The number of piperidine rings is 1. The van der Waals surface area contributed by atoms with E-state index in [2.05, 4.69) is 10.6 Å². The highest BCUT2D eigenvalue weighted by molar-refractivity contribution is 7.88. The lowest BCUT2D eigenvalue weighted by Crippen LogP contribution is -2.49. The van der Waals surface area contributed by atoms with Gasteiger partial charge in [0.2, 0.25) is 10.0 Å². The summed E-state index contributed by atoms with van der Waals surface area (Å²) in [6.45, 7) is 1.76. The largest absolute Gasteiger partial charge is 0.490 e. The molecule has 0 aromatic heterocycles. The molecule has 0 atom stereocenters. The molecule has 9 nitrogen and oxygen atoms in total. The van der Waals surface area contributed by atoms with Crippen LogP contribution in [0.3, 0.4) is 0 Å². The molecule has 1 aliphatic rings. The molecule has 0 aliphatic carbocycles. The average Bonchev–Trinajstić information content (AvgIpc) is 2.44. The fourth-order valence-corrected chi connectivity index (χ4v) is 2.63. The number of amides is 2. The number of carboxylic acids is 1. The van der Waals surface area contributed by atoms with E-state index in [1.54, 1.807) is 0 Å². The number of hydrogen-bond donors (Lipinski definition) is 4. The summed E-state index contributed by atoms with van der Waals surface area (Å²) in [5.74, 6) is -2.76. The van der Waals surface area contributed by atoms with Crippen LogP contribution in [-0.2, 0) is 14.8 Å². The van der Waals surface area contributed by atoms with E-state index in [9.17, 15) is 26.4 Å². The molecule has 0 spiro atoms. The van der Waals surface area contributed by atoms with Crippen LogP contribution in [0.25, 0.3) is 0 Å². The SMILES string of the molecule is CS(=O)(=O)N1CCC(NC(=O)NCCN)CC1.O=C(O)C(F)(F)F. The maximum absolute atomic E-state index is 11.3. The zero-order valence-electron chi connectivity index (χ0n) is 13.0. The zero-order valence-corrected chi connectivity index (χ0v) is 13.8. The first-order valence-electron chi connectivity index (χ1n) is 6.87. The van der Waals surface area contributed by atoms with Gasteiger partial charge < -0.3 is 21.5 Å². The number of nitrogens with two attached hydrogens (primary N) is 1. The second-order valence-electron chi connectivity index (χ2n) is 4.93. The van der Waals surface area contributed by atoms with Gasteiger partial charge in [0.15, 0.2) is 0 Å². The fraction of sp³-hybridized carbons (Fsp3) is 0.818. The van der Waals surface area contributed by atoms with Crippen LogP contribution < -0.4 is 16.4 Å². The van der Waals surface area contributed by atoms with E-state index in [4.69, 9.17) is 15.6 Å². The Labute approximate surface area is 137 Å². The number of halogens is 3. The second kappa shape index (κ2) is 9.64. The van der Waals surface area contributed by atoms with Crippen molar-refractivity contribution >= 4 is 22.0 Å². The van der Waals surface area contributed by atoms with Crippen molar-refractivity contribution < 1.29 is 36.3 Å². The number of carbonyl (C=O) groups is 2. The van der Waals surface area contributed by atoms with Crippen LogP contribution >= 0.6 is 0 Å². The minimum Gasteiger partial charge on any atom is -0.475 e. The maximum atomic E-state index is 11.3. The Bertz CT molecular complexity index is 518. The number of carboxylic acid groups (broad SMARTS) is 1. The average molecular weight is 378 g/mol. The van der Waals surface area contributed by atoms with Gasteiger partial charge >= 0.3 is 18.2 Å². The van der Waals surface area contributed by atoms with Gasteiger partial charge in [-0.05, 0) is 12.8 Å². The van der Waals surface area contributed by atoms with Crippen LogP contribution in [0, 0.1) is 0 Å². The number of sulfonamides is 1. The number of alkyl halides is 3. The lowest BCUT2D eigenvalue weighted by atomic mass is 10.1. The third-order valence-electron chi connectivity index (χ3n) is 2.93. The van der Waals surface area contributed by atoms with E-state index < -0.39 is 22.2 Å². The Morgan fingerprint density at radius 2 is 1.75 bits per heavy atom. The first-order chi connectivity index (χ1) is 10.9. The predicted molar refractivity (Wildman–Crippen MR) is 78.7 cm³/mol. The van der Waals surface area contributed by atoms with E-state index in [0.29, 0.717) is 39.0 Å². The first kappa shape index (κ1) is 22.4. The summed E-state index contributed by atoms with van der Waals surface area (Å²) in [6, 6.07) is -0.209. The second-order valence-corrected chi connectivity index (χ2v) is 6.91. The monoisotopic (exact) mass is 378 g/mol. The smallest absolute Gasteiger partial charge is 0.475 e. The van der Waals surface area contributed by atoms with Gasteiger partial charge in [-0.3, -0.25) is 0 Å². The maximum Gasteiger partial charge on any atom is 0.490 e. The van der Waals surface area contributed by atoms with Gasteiger partial charge in [-0.25, -0.2) is 22.3 Å². The molecule has 0 bridgehead atoms. The minimum atomic E-state index is -5.08. The van der Waals surface area contributed by atoms with Gasteiger partial charge in [-0.2, -0.15) is 13.2 Å². The van der Waals surface area contributed by atoms with E-state index in [1.165, 1.54) is 10.6 Å². The van der Waals surface area contributed by atoms with Crippen LogP contribution in [0.1, 0.15) is 12.8 Å². The lowest BCUT2D eigenvalue weighted by molar-refractivity contribution is -0.192. The highest BCUT2D eigenvalue weighted by Gasteiger charge is 2.38. The van der Waals surface area contributed by atoms with Crippen molar-refractivity contribution in [2.75, 3.05) is 32.4 Å². The molecule has 2 amide bonds. The number of aliphatic carboxylic acids is 1. The predicted octanol–water partition coefficient (Wildman–Crippen LogP) is -0.698. The Hall–Kier alpha value is -1.60. The van der Waals surface area contributed by atoms with Crippen LogP contribution in [0.5, 0.6) is 0 Å². The van der Waals surface area contributed by atoms with E-state index >= 15 is 0 Å². The molecule has 142 valence electrons. The summed E-state index contributed by atoms with van der Waals surface area (Å²) in [4.78, 5) is 20.2. The quantitative estimate of drug-likeness (QED) is 0.510. The summed E-state index contributed by atoms with van der Waals surface area (Å²) in [5, 5.41) is 12.5. The summed E-state index contributed by atoms with van der Waals surface area (Å²) >= 11 is 0. The molecule has 0 saturated carbocycles. The summed E-state index contributed by atoms with van der Waals surface area (Å²) in [7, 11) is -3.10. The van der Waals surface area contributed by atoms with Crippen LogP contribution in [-0.4, -0.2) is 74.5 Å². The summed E-state index contributed by atoms with van der Waals surface area (Å²) in [5.41, 5.74) is 5.26. The van der Waals surface area contributed by atoms with Crippen molar-refractivity contribution in [3.05, 3.63) is 0 Å². The van der Waals surface area contributed by atoms with Crippen molar-refractivity contribution in [2.24, 2.45) is 5.73 Å². The van der Waals surface area contributed by atoms with Gasteiger partial charge in [0.05, 0.1) is 6.26 Å². The van der Waals surface area contributed by atoms with Crippen molar-refractivity contribution in [1.29, 1.82) is 0 Å². The molecule has 0 aromatic carbocycles. The Morgan fingerprint density at radius 1 is 1.29 bits per heavy atom. The van der Waals surface area contributed by atoms with E-state index in [-0.39, 0.29) is 12.1 Å². The molecule has 0 radical (unpaired) electrons. The van der Waals surface area contributed by atoms with Crippen LogP contribution in [0.4, 0.5) is 18.0 Å². The van der Waals surface area contributed by atoms with Crippen molar-refractivity contribution in [3.8, 4) is 0 Å². The third kappa shape index (κ3) is 9.52. The first-order valence-corrected chi connectivity index (χ1v) is 8.72. The summed E-state index contributed by atoms with van der Waals surface area (Å²) in [6.07, 6.45) is -2.60. The molecule has 13 heteroatoms. The number of nitrogens with zero attached hydrogens (tertiary/aromatic N) is 1. The molecule has 24 heavy (non-hydrogen) atoms. The molecule has 0 unspecified atom stereocenters. The van der Waals surface area contributed by atoms with E-state index in [1.807, 2.05) is 0 Å². The number of rotatable bonds is 4. The minimum absolute atomic E-state index is 0.0331. The lowest BCUT2D eigenvalue weighted by Gasteiger charge is -2.30. The topological polar surface area (TPSA) is 142 Å². The van der Waals surface area contributed by atoms with Gasteiger partial charge in [-0.1, -0.05) is 0 Å². The Morgan fingerprint density at radius 3 is 2.08 bits per heavy atom. The Kier molecular flexibility index (Phi) is 8.99. The van der Waals surface area contributed by atoms with Crippen molar-refractivity contribution in [3.63, 3.8) is 0 Å². The summed E-state index contributed by atoms with van der Waals surface area (Å²) < 4.78 is 55.7. The van der Waals surface area contributed by atoms with E-state index in [0.717, 1.165) is 0 Å². The number of carbonyl (C=O) groups excluding carboxylic acids is 1. The van der Waals surface area contributed by atoms with Crippen LogP contribution in [0.2, 0.25) is 0 Å². The molecular formula is C11H21F3N4O5S. The zero-order chi connectivity index (χ0) is 19.0. The number of nitrogens with one attached hydrogen (secondary N) is 2. The van der Waals surface area contributed by atoms with Gasteiger partial charge in [0.25, 0.3) is 0 Å². The van der Waals surface area contributed by atoms with Gasteiger partial charge in [-0.15, -0.1) is 0 Å².